The van der Waals surface area contributed by atoms with Crippen LogP contribution in [0.15, 0.2) is 0 Å². The number of rotatable bonds is 7. The van der Waals surface area contributed by atoms with Crippen molar-refractivity contribution < 1.29 is 10.2 Å². The van der Waals surface area contributed by atoms with E-state index in [0.717, 1.165) is 25.9 Å². The second kappa shape index (κ2) is 7.91. The minimum Gasteiger partial charge on any atom is -0.395 e. The van der Waals surface area contributed by atoms with Gasteiger partial charge in [-0.25, -0.2) is 5.84 Å². The summed E-state index contributed by atoms with van der Waals surface area (Å²) in [6.45, 7) is 2.41. The molecular weight excluding hydrogens is 274 g/mol. The predicted molar refractivity (Wildman–Crippen MR) is 80.1 cm³/mol. The summed E-state index contributed by atoms with van der Waals surface area (Å²) in [5.74, 6) is 6.69. The third-order valence-corrected chi connectivity index (χ3v) is 3.40. The summed E-state index contributed by atoms with van der Waals surface area (Å²) in [6, 6.07) is 0. The molecule has 1 aromatic heterocycles. The lowest BCUT2D eigenvalue weighted by molar-refractivity contribution is 0.280. The molecule has 118 valence electrons. The number of anilines is 3. The first-order valence-electron chi connectivity index (χ1n) is 7.22. The first-order chi connectivity index (χ1) is 10.3. The predicted octanol–water partition coefficient (Wildman–Crippen LogP) is -1.06. The van der Waals surface area contributed by atoms with Gasteiger partial charge in [0.15, 0.2) is 0 Å². The van der Waals surface area contributed by atoms with E-state index >= 15 is 0 Å². The molecule has 1 aliphatic rings. The molecule has 0 spiro atoms. The largest absolute Gasteiger partial charge is 0.395 e. The van der Waals surface area contributed by atoms with Crippen molar-refractivity contribution in [2.75, 3.05) is 54.6 Å². The standard InChI is InChI=1S/C12H23N7O2/c13-17-10-14-11(18-4-2-1-3-5-18)16-12(15-10)19(6-8-20)7-9-21/h20-21H,1-9,13H2,(H,14,15,16,17). The molecule has 0 bridgehead atoms. The van der Waals surface area contributed by atoms with Crippen LogP contribution in [0.25, 0.3) is 0 Å². The van der Waals surface area contributed by atoms with Crippen LogP contribution >= 0.6 is 0 Å². The zero-order valence-electron chi connectivity index (χ0n) is 12.1. The molecule has 9 nitrogen and oxygen atoms in total. The van der Waals surface area contributed by atoms with Crippen molar-refractivity contribution >= 4 is 17.8 Å². The molecule has 1 aromatic rings. The number of nitrogens with zero attached hydrogens (tertiary/aromatic N) is 5. The summed E-state index contributed by atoms with van der Waals surface area (Å²) in [5, 5.41) is 18.2. The average molecular weight is 297 g/mol. The number of hydrogen-bond donors (Lipinski definition) is 4. The Morgan fingerprint density at radius 1 is 1.05 bits per heavy atom. The maximum Gasteiger partial charge on any atom is 0.243 e. The summed E-state index contributed by atoms with van der Waals surface area (Å²) in [7, 11) is 0. The first kappa shape index (κ1) is 15.7. The van der Waals surface area contributed by atoms with Gasteiger partial charge in [-0.2, -0.15) is 15.0 Å². The summed E-state index contributed by atoms with van der Waals surface area (Å²) >= 11 is 0. The van der Waals surface area contributed by atoms with E-state index in [1.165, 1.54) is 6.42 Å². The Bertz CT molecular complexity index is 434. The highest BCUT2D eigenvalue weighted by molar-refractivity contribution is 5.45. The number of hydrazine groups is 1. The molecule has 0 amide bonds. The van der Waals surface area contributed by atoms with E-state index in [0.29, 0.717) is 25.0 Å². The minimum atomic E-state index is -0.0455. The number of aromatic nitrogens is 3. The van der Waals surface area contributed by atoms with Crippen molar-refractivity contribution in [2.45, 2.75) is 19.3 Å². The number of hydrogen-bond acceptors (Lipinski definition) is 9. The molecule has 9 heteroatoms. The number of nitrogens with two attached hydrogens (primary N) is 1. The van der Waals surface area contributed by atoms with Crippen LogP contribution in [0, 0.1) is 0 Å². The van der Waals surface area contributed by atoms with Gasteiger partial charge in [0, 0.05) is 26.2 Å². The van der Waals surface area contributed by atoms with Crippen molar-refractivity contribution in [3.63, 3.8) is 0 Å². The van der Waals surface area contributed by atoms with Gasteiger partial charge in [0.25, 0.3) is 0 Å². The Morgan fingerprint density at radius 2 is 1.71 bits per heavy atom. The fourth-order valence-electron chi connectivity index (χ4n) is 2.35. The summed E-state index contributed by atoms with van der Waals surface area (Å²) in [5.41, 5.74) is 2.45. The zero-order valence-corrected chi connectivity index (χ0v) is 12.1. The van der Waals surface area contributed by atoms with Gasteiger partial charge in [0.2, 0.25) is 17.8 Å². The highest BCUT2D eigenvalue weighted by atomic mass is 16.3. The third kappa shape index (κ3) is 4.13. The number of nitrogens with one attached hydrogen (secondary N) is 1. The highest BCUT2D eigenvalue weighted by Gasteiger charge is 2.18. The van der Waals surface area contributed by atoms with Gasteiger partial charge in [-0.3, -0.25) is 5.43 Å². The number of aliphatic hydroxyl groups is 2. The van der Waals surface area contributed by atoms with E-state index in [1.54, 1.807) is 4.90 Å². The summed E-state index contributed by atoms with van der Waals surface area (Å²) in [4.78, 5) is 16.8. The molecule has 2 heterocycles. The Kier molecular flexibility index (Phi) is 5.90. The van der Waals surface area contributed by atoms with Gasteiger partial charge in [0.1, 0.15) is 0 Å². The molecule has 0 unspecified atom stereocenters. The number of nitrogen functional groups attached to an aromatic ring is 1. The molecule has 0 saturated carbocycles. The van der Waals surface area contributed by atoms with E-state index in [2.05, 4.69) is 25.3 Å². The van der Waals surface area contributed by atoms with Crippen LogP contribution in [0.5, 0.6) is 0 Å². The van der Waals surface area contributed by atoms with Crippen LogP contribution in [-0.2, 0) is 0 Å². The second-order valence-corrected chi connectivity index (χ2v) is 4.89. The zero-order chi connectivity index (χ0) is 15.1. The van der Waals surface area contributed by atoms with E-state index < -0.39 is 0 Å². The third-order valence-electron chi connectivity index (χ3n) is 3.40. The van der Waals surface area contributed by atoms with E-state index in [-0.39, 0.29) is 19.2 Å². The van der Waals surface area contributed by atoms with Gasteiger partial charge in [-0.15, -0.1) is 0 Å². The van der Waals surface area contributed by atoms with E-state index in [9.17, 15) is 0 Å². The van der Waals surface area contributed by atoms with E-state index in [4.69, 9.17) is 16.1 Å². The first-order valence-corrected chi connectivity index (χ1v) is 7.22. The van der Waals surface area contributed by atoms with Gasteiger partial charge in [-0.1, -0.05) is 0 Å². The maximum absolute atomic E-state index is 9.12. The lowest BCUT2D eigenvalue weighted by atomic mass is 10.1. The second-order valence-electron chi connectivity index (χ2n) is 4.89. The van der Waals surface area contributed by atoms with Crippen LogP contribution < -0.4 is 21.1 Å². The molecule has 1 saturated heterocycles. The van der Waals surface area contributed by atoms with Crippen LogP contribution in [0.3, 0.4) is 0 Å². The lowest BCUT2D eigenvalue weighted by Crippen LogP contribution is -2.35. The molecule has 0 radical (unpaired) electrons. The van der Waals surface area contributed by atoms with Crippen LogP contribution in [-0.4, -0.2) is 64.6 Å². The van der Waals surface area contributed by atoms with Crippen molar-refractivity contribution in [2.24, 2.45) is 5.84 Å². The van der Waals surface area contributed by atoms with Crippen molar-refractivity contribution in [1.82, 2.24) is 15.0 Å². The maximum atomic E-state index is 9.12. The molecule has 0 atom stereocenters. The summed E-state index contributed by atoms with van der Waals surface area (Å²) < 4.78 is 0. The fourth-order valence-corrected chi connectivity index (χ4v) is 2.35. The Labute approximate surface area is 123 Å². The molecular formula is C12H23N7O2. The van der Waals surface area contributed by atoms with E-state index in [1.807, 2.05) is 0 Å². The van der Waals surface area contributed by atoms with Crippen molar-refractivity contribution in [1.29, 1.82) is 0 Å². The average Bonchev–Trinajstić information content (AvgIpc) is 2.55. The Morgan fingerprint density at radius 3 is 2.29 bits per heavy atom. The minimum absolute atomic E-state index is 0.0455. The normalized spacial score (nSPS) is 15.1. The number of aliphatic hydroxyl groups excluding tert-OH is 2. The van der Waals surface area contributed by atoms with Crippen molar-refractivity contribution in [3.8, 4) is 0 Å². The smallest absolute Gasteiger partial charge is 0.243 e. The molecule has 21 heavy (non-hydrogen) atoms. The van der Waals surface area contributed by atoms with Gasteiger partial charge in [-0.05, 0) is 19.3 Å². The van der Waals surface area contributed by atoms with Crippen LogP contribution in [0.1, 0.15) is 19.3 Å². The highest BCUT2D eigenvalue weighted by Crippen LogP contribution is 2.19. The summed E-state index contributed by atoms with van der Waals surface area (Å²) in [6.07, 6.45) is 3.45. The van der Waals surface area contributed by atoms with Crippen LogP contribution in [0.2, 0.25) is 0 Å². The molecule has 0 aliphatic carbocycles. The molecule has 1 fully saturated rings. The monoisotopic (exact) mass is 297 g/mol. The quantitative estimate of drug-likeness (QED) is 0.368. The number of piperidine rings is 1. The lowest BCUT2D eigenvalue weighted by Gasteiger charge is -2.28. The fraction of sp³-hybridized carbons (Fsp3) is 0.750. The Balaban J connectivity index is 2.26. The van der Waals surface area contributed by atoms with Crippen LogP contribution in [0.4, 0.5) is 17.8 Å². The molecule has 1 aliphatic heterocycles. The molecule has 2 rings (SSSR count). The molecule has 5 N–H and O–H groups in total. The van der Waals surface area contributed by atoms with Crippen molar-refractivity contribution in [3.05, 3.63) is 0 Å². The Hall–Kier alpha value is -1.71. The van der Waals surface area contributed by atoms with Gasteiger partial charge >= 0.3 is 0 Å². The van der Waals surface area contributed by atoms with Gasteiger partial charge < -0.3 is 20.0 Å². The SMILES string of the molecule is NNc1nc(N(CCO)CCO)nc(N2CCCCC2)n1. The topological polar surface area (TPSA) is 124 Å². The van der Waals surface area contributed by atoms with Gasteiger partial charge in [0.05, 0.1) is 13.2 Å². The molecule has 0 aromatic carbocycles.